The molecule has 2 rings (SSSR count). The molecule has 0 bridgehead atoms. The number of carbonyl (C=O) groups is 1. The Labute approximate surface area is 112 Å². The van der Waals surface area contributed by atoms with Gasteiger partial charge in [-0.2, -0.15) is 0 Å². The van der Waals surface area contributed by atoms with Crippen molar-refractivity contribution in [3.8, 4) is 0 Å². The summed E-state index contributed by atoms with van der Waals surface area (Å²) in [4.78, 5) is 12.9. The van der Waals surface area contributed by atoms with Crippen LogP contribution in [0.1, 0.15) is 22.8 Å². The van der Waals surface area contributed by atoms with E-state index in [-0.39, 0.29) is 23.1 Å². The van der Waals surface area contributed by atoms with Gasteiger partial charge < -0.3 is 10.0 Å². The van der Waals surface area contributed by atoms with Crippen LogP contribution in [0.4, 0.5) is 5.69 Å². The first kappa shape index (κ1) is 13.9. The summed E-state index contributed by atoms with van der Waals surface area (Å²) in [6.45, 7) is 4.18. The van der Waals surface area contributed by atoms with Crippen molar-refractivity contribution >= 4 is 21.5 Å². The maximum Gasteiger partial charge on any atom is 0.335 e. The molecule has 0 spiro atoms. The predicted molar refractivity (Wildman–Crippen MR) is 73.6 cm³/mol. The number of hydrogen-bond donors (Lipinski definition) is 1. The molecule has 104 valence electrons. The third-order valence-corrected chi connectivity index (χ3v) is 5.22. The highest BCUT2D eigenvalue weighted by atomic mass is 32.2. The van der Waals surface area contributed by atoms with Crippen molar-refractivity contribution in [3.63, 3.8) is 0 Å². The second-order valence-corrected chi connectivity index (χ2v) is 7.19. The highest BCUT2D eigenvalue weighted by Crippen LogP contribution is 2.26. The maximum atomic E-state index is 11.6. The van der Waals surface area contributed by atoms with Crippen LogP contribution in [0.3, 0.4) is 0 Å². The van der Waals surface area contributed by atoms with E-state index in [9.17, 15) is 13.2 Å². The largest absolute Gasteiger partial charge is 0.478 e. The summed E-state index contributed by atoms with van der Waals surface area (Å²) in [6, 6.07) is 4.84. The zero-order valence-corrected chi connectivity index (χ0v) is 11.8. The minimum atomic E-state index is -2.94. The molecule has 0 aliphatic carbocycles. The van der Waals surface area contributed by atoms with Crippen LogP contribution in [0.2, 0.25) is 0 Å². The number of aromatic carboxylic acids is 1. The maximum absolute atomic E-state index is 11.6. The second-order valence-electron chi connectivity index (χ2n) is 4.96. The summed E-state index contributed by atoms with van der Waals surface area (Å²) >= 11 is 0. The highest BCUT2D eigenvalue weighted by molar-refractivity contribution is 7.91. The summed E-state index contributed by atoms with van der Waals surface area (Å²) in [5.74, 6) is -0.658. The summed E-state index contributed by atoms with van der Waals surface area (Å²) in [5.41, 5.74) is 2.01. The number of nitrogens with zero attached hydrogens (tertiary/aromatic N) is 1. The van der Waals surface area contributed by atoms with E-state index in [0.29, 0.717) is 6.54 Å². The molecule has 0 radical (unpaired) electrons. The number of carboxylic acids is 1. The number of benzene rings is 1. The van der Waals surface area contributed by atoms with Crippen molar-refractivity contribution in [2.75, 3.05) is 23.0 Å². The molecule has 0 saturated carbocycles. The van der Waals surface area contributed by atoms with Gasteiger partial charge in [-0.25, -0.2) is 13.2 Å². The Balaban J connectivity index is 2.30. The van der Waals surface area contributed by atoms with Gasteiger partial charge in [0.15, 0.2) is 9.84 Å². The zero-order valence-electron chi connectivity index (χ0n) is 11.0. The fraction of sp³-hybridized carbons (Fsp3) is 0.462. The Morgan fingerprint density at radius 1 is 1.42 bits per heavy atom. The lowest BCUT2D eigenvalue weighted by Crippen LogP contribution is -2.47. The molecule has 1 heterocycles. The molecule has 1 aliphatic heterocycles. The van der Waals surface area contributed by atoms with Gasteiger partial charge in [0.2, 0.25) is 0 Å². The Morgan fingerprint density at radius 3 is 2.63 bits per heavy atom. The van der Waals surface area contributed by atoms with Crippen LogP contribution in [-0.2, 0) is 9.84 Å². The fourth-order valence-electron chi connectivity index (χ4n) is 2.47. The zero-order chi connectivity index (χ0) is 14.2. The lowest BCUT2D eigenvalue weighted by Gasteiger charge is -2.36. The van der Waals surface area contributed by atoms with Crippen LogP contribution in [0.15, 0.2) is 18.2 Å². The van der Waals surface area contributed by atoms with E-state index in [0.717, 1.165) is 11.3 Å². The minimum absolute atomic E-state index is 0.0897. The first-order valence-corrected chi connectivity index (χ1v) is 7.93. The van der Waals surface area contributed by atoms with Crippen molar-refractivity contribution in [1.82, 2.24) is 0 Å². The second kappa shape index (κ2) is 4.85. The molecule has 1 fully saturated rings. The molecule has 6 heteroatoms. The summed E-state index contributed by atoms with van der Waals surface area (Å²) in [7, 11) is -2.94. The molecular weight excluding hydrogens is 266 g/mol. The minimum Gasteiger partial charge on any atom is -0.478 e. The van der Waals surface area contributed by atoms with Gasteiger partial charge in [0, 0.05) is 18.3 Å². The number of rotatable bonds is 2. The van der Waals surface area contributed by atoms with E-state index in [1.165, 1.54) is 0 Å². The molecule has 19 heavy (non-hydrogen) atoms. The standard InChI is InChI=1S/C13H17NO4S/c1-9-7-11(13(15)16)3-4-12(9)14-5-6-19(17,18)8-10(14)2/h3-4,7,10H,5-6,8H2,1-2H3,(H,15,16). The topological polar surface area (TPSA) is 74.7 Å². The SMILES string of the molecule is Cc1cc(C(=O)O)ccc1N1CCS(=O)(=O)CC1C. The molecule has 0 amide bonds. The summed E-state index contributed by atoms with van der Waals surface area (Å²) in [5, 5.41) is 8.94. The lowest BCUT2D eigenvalue weighted by molar-refractivity contribution is 0.0697. The molecule has 1 aliphatic rings. The molecule has 1 atom stereocenters. The lowest BCUT2D eigenvalue weighted by atomic mass is 10.1. The summed E-state index contributed by atoms with van der Waals surface area (Å²) < 4.78 is 23.1. The van der Waals surface area contributed by atoms with Gasteiger partial charge in [0.1, 0.15) is 0 Å². The Bertz CT molecular complexity index is 609. The Morgan fingerprint density at radius 2 is 2.11 bits per heavy atom. The molecule has 1 aromatic carbocycles. The number of carboxylic acid groups (broad SMARTS) is 1. The molecule has 1 N–H and O–H groups in total. The molecule has 0 aromatic heterocycles. The average molecular weight is 283 g/mol. The van der Waals surface area contributed by atoms with Crippen molar-refractivity contribution < 1.29 is 18.3 Å². The number of anilines is 1. The third-order valence-electron chi connectivity index (χ3n) is 3.42. The highest BCUT2D eigenvalue weighted by Gasteiger charge is 2.29. The van der Waals surface area contributed by atoms with E-state index in [1.807, 2.05) is 18.7 Å². The van der Waals surface area contributed by atoms with Crippen LogP contribution in [0, 0.1) is 6.92 Å². The van der Waals surface area contributed by atoms with Crippen LogP contribution in [-0.4, -0.2) is 43.6 Å². The monoisotopic (exact) mass is 283 g/mol. The third kappa shape index (κ3) is 2.89. The van der Waals surface area contributed by atoms with Gasteiger partial charge in [-0.15, -0.1) is 0 Å². The van der Waals surface area contributed by atoms with E-state index in [2.05, 4.69) is 0 Å². The quantitative estimate of drug-likeness (QED) is 0.886. The first-order valence-electron chi connectivity index (χ1n) is 6.11. The average Bonchev–Trinajstić information content (AvgIpc) is 2.29. The number of hydrogen-bond acceptors (Lipinski definition) is 4. The van der Waals surface area contributed by atoms with Crippen molar-refractivity contribution in [3.05, 3.63) is 29.3 Å². The van der Waals surface area contributed by atoms with E-state index >= 15 is 0 Å². The molecule has 1 saturated heterocycles. The summed E-state index contributed by atoms with van der Waals surface area (Å²) in [6.07, 6.45) is 0. The van der Waals surface area contributed by atoms with Crippen LogP contribution in [0.5, 0.6) is 0 Å². The van der Waals surface area contributed by atoms with E-state index in [1.54, 1.807) is 18.2 Å². The van der Waals surface area contributed by atoms with E-state index in [4.69, 9.17) is 5.11 Å². The van der Waals surface area contributed by atoms with Crippen molar-refractivity contribution in [2.45, 2.75) is 19.9 Å². The predicted octanol–water partition coefficient (Wildman–Crippen LogP) is 1.32. The number of aryl methyl sites for hydroxylation is 1. The first-order chi connectivity index (χ1) is 8.80. The normalized spacial score (nSPS) is 22.2. The van der Waals surface area contributed by atoms with Gasteiger partial charge in [-0.3, -0.25) is 0 Å². The van der Waals surface area contributed by atoms with Crippen LogP contribution >= 0.6 is 0 Å². The van der Waals surface area contributed by atoms with Gasteiger partial charge in [0.25, 0.3) is 0 Å². The van der Waals surface area contributed by atoms with Gasteiger partial charge in [-0.05, 0) is 37.6 Å². The number of sulfone groups is 1. The van der Waals surface area contributed by atoms with Crippen LogP contribution in [0.25, 0.3) is 0 Å². The smallest absolute Gasteiger partial charge is 0.335 e. The van der Waals surface area contributed by atoms with Gasteiger partial charge in [0.05, 0.1) is 17.1 Å². The Kier molecular flexibility index (Phi) is 3.54. The van der Waals surface area contributed by atoms with Crippen molar-refractivity contribution in [1.29, 1.82) is 0 Å². The molecule has 1 aromatic rings. The molecule has 1 unspecified atom stereocenters. The van der Waals surface area contributed by atoms with Gasteiger partial charge >= 0.3 is 5.97 Å². The molecule has 5 nitrogen and oxygen atoms in total. The Hall–Kier alpha value is -1.56. The molecular formula is C13H17NO4S. The van der Waals surface area contributed by atoms with Crippen LogP contribution < -0.4 is 4.90 Å². The van der Waals surface area contributed by atoms with Crippen molar-refractivity contribution in [2.24, 2.45) is 0 Å². The fourth-order valence-corrected chi connectivity index (χ4v) is 4.02. The van der Waals surface area contributed by atoms with E-state index < -0.39 is 15.8 Å². The van der Waals surface area contributed by atoms with Gasteiger partial charge in [-0.1, -0.05) is 0 Å².